The Bertz CT molecular complexity index is 169. The lowest BCUT2D eigenvalue weighted by Crippen LogP contribution is -2.30. The van der Waals surface area contributed by atoms with Crippen LogP contribution in [0.4, 0.5) is 0 Å². The van der Waals surface area contributed by atoms with E-state index in [-0.39, 0.29) is 0 Å². The maximum Gasteiger partial charge on any atom is -0.0118 e. The second-order valence-electron chi connectivity index (χ2n) is 4.43. The third-order valence-corrected chi connectivity index (χ3v) is 3.63. The molecule has 0 spiro atoms. The van der Waals surface area contributed by atoms with Crippen molar-refractivity contribution in [3.8, 4) is 0 Å². The van der Waals surface area contributed by atoms with Gasteiger partial charge in [0.15, 0.2) is 0 Å². The number of allylic oxidation sites excluding steroid dienone is 2. The van der Waals surface area contributed by atoms with Crippen molar-refractivity contribution in [2.24, 2.45) is 11.3 Å². The van der Waals surface area contributed by atoms with E-state index < -0.39 is 0 Å². The van der Waals surface area contributed by atoms with E-state index >= 15 is 0 Å². The van der Waals surface area contributed by atoms with Crippen LogP contribution in [0.3, 0.4) is 0 Å². The van der Waals surface area contributed by atoms with E-state index in [2.05, 4.69) is 19.1 Å². The molecule has 0 N–H and O–H groups in total. The normalized spacial score (nSPS) is 43.5. The third kappa shape index (κ3) is 1.23. The van der Waals surface area contributed by atoms with Crippen LogP contribution in [0, 0.1) is 11.3 Å². The lowest BCUT2D eigenvalue weighted by Gasteiger charge is -2.41. The Morgan fingerprint density at radius 1 is 1.27 bits per heavy atom. The fourth-order valence-electron chi connectivity index (χ4n) is 2.77. The summed E-state index contributed by atoms with van der Waals surface area (Å²) in [5.41, 5.74) is 0.594. The third-order valence-electron chi connectivity index (χ3n) is 3.63. The van der Waals surface area contributed by atoms with Crippen LogP contribution in [0.15, 0.2) is 12.2 Å². The van der Waals surface area contributed by atoms with Gasteiger partial charge in [0.05, 0.1) is 0 Å². The van der Waals surface area contributed by atoms with Gasteiger partial charge in [-0.1, -0.05) is 31.9 Å². The van der Waals surface area contributed by atoms with E-state index in [0.717, 1.165) is 5.92 Å². The first-order chi connectivity index (χ1) is 5.31. The van der Waals surface area contributed by atoms with Gasteiger partial charge in [0.2, 0.25) is 0 Å². The first-order valence-corrected chi connectivity index (χ1v) is 4.99. The van der Waals surface area contributed by atoms with Crippen molar-refractivity contribution >= 4 is 0 Å². The molecule has 2 unspecified atom stereocenters. The molecule has 2 atom stereocenters. The van der Waals surface area contributed by atoms with Gasteiger partial charge in [-0.15, -0.1) is 0 Å². The van der Waals surface area contributed by atoms with Crippen molar-refractivity contribution in [2.45, 2.75) is 45.4 Å². The molecule has 0 aliphatic heterocycles. The quantitative estimate of drug-likeness (QED) is 0.463. The van der Waals surface area contributed by atoms with E-state index in [0.29, 0.717) is 5.41 Å². The Hall–Kier alpha value is -0.260. The van der Waals surface area contributed by atoms with Gasteiger partial charge in [0.1, 0.15) is 0 Å². The molecular weight excluding hydrogens is 132 g/mol. The van der Waals surface area contributed by atoms with Crippen LogP contribution in [0.25, 0.3) is 0 Å². The number of rotatable bonds is 0. The second kappa shape index (κ2) is 2.66. The van der Waals surface area contributed by atoms with Crippen LogP contribution >= 0.6 is 0 Å². The minimum absolute atomic E-state index is 0.594. The SMILES string of the molecule is CC12C=CCCC1CCCC2. The average Bonchev–Trinajstić information content (AvgIpc) is 2.03. The Morgan fingerprint density at radius 3 is 3.00 bits per heavy atom. The van der Waals surface area contributed by atoms with Crippen molar-refractivity contribution in [2.75, 3.05) is 0 Å². The number of fused-ring (bicyclic) bond motifs is 1. The van der Waals surface area contributed by atoms with Gasteiger partial charge in [-0.05, 0) is 37.0 Å². The molecule has 0 aromatic rings. The van der Waals surface area contributed by atoms with Gasteiger partial charge in [0.25, 0.3) is 0 Å². The van der Waals surface area contributed by atoms with Crippen LogP contribution in [0.5, 0.6) is 0 Å². The van der Waals surface area contributed by atoms with Gasteiger partial charge < -0.3 is 0 Å². The van der Waals surface area contributed by atoms with E-state index in [1.165, 1.54) is 38.5 Å². The van der Waals surface area contributed by atoms with Gasteiger partial charge in [-0.25, -0.2) is 0 Å². The van der Waals surface area contributed by atoms with Crippen molar-refractivity contribution in [1.29, 1.82) is 0 Å². The maximum atomic E-state index is 2.49. The molecule has 2 aliphatic carbocycles. The van der Waals surface area contributed by atoms with E-state index in [4.69, 9.17) is 0 Å². The Balaban J connectivity index is 2.17. The lowest BCUT2D eigenvalue weighted by atomic mass is 9.64. The first kappa shape index (κ1) is 7.39. The minimum atomic E-state index is 0.594. The summed E-state index contributed by atoms with van der Waals surface area (Å²) in [6.45, 7) is 2.45. The van der Waals surface area contributed by atoms with Gasteiger partial charge in [-0.3, -0.25) is 0 Å². The highest BCUT2D eigenvalue weighted by atomic mass is 14.4. The first-order valence-electron chi connectivity index (χ1n) is 4.99. The second-order valence-corrected chi connectivity index (χ2v) is 4.43. The van der Waals surface area contributed by atoms with Gasteiger partial charge in [-0.2, -0.15) is 0 Å². The molecule has 0 aromatic carbocycles. The van der Waals surface area contributed by atoms with Crippen LogP contribution in [0.1, 0.15) is 45.4 Å². The molecule has 0 saturated heterocycles. The Labute approximate surface area is 69.7 Å². The molecule has 2 rings (SSSR count). The summed E-state index contributed by atoms with van der Waals surface area (Å²) >= 11 is 0. The van der Waals surface area contributed by atoms with Gasteiger partial charge in [0, 0.05) is 0 Å². The summed E-state index contributed by atoms with van der Waals surface area (Å²) in [6, 6.07) is 0. The van der Waals surface area contributed by atoms with Crippen molar-refractivity contribution in [3.63, 3.8) is 0 Å². The smallest absolute Gasteiger partial charge is 0.0118 e. The zero-order valence-electron chi connectivity index (χ0n) is 7.47. The van der Waals surface area contributed by atoms with Crippen molar-refractivity contribution in [1.82, 2.24) is 0 Å². The highest BCUT2D eigenvalue weighted by Crippen LogP contribution is 2.46. The van der Waals surface area contributed by atoms with E-state index in [9.17, 15) is 0 Å². The standard InChI is InChI=1S/C11H18/c1-11-8-4-2-6-10(11)7-3-5-9-11/h4,8,10H,2-3,5-7,9H2,1H3. The van der Waals surface area contributed by atoms with Crippen LogP contribution in [-0.4, -0.2) is 0 Å². The molecule has 1 fully saturated rings. The predicted octanol–water partition coefficient (Wildman–Crippen LogP) is 3.53. The van der Waals surface area contributed by atoms with Gasteiger partial charge >= 0.3 is 0 Å². The average molecular weight is 150 g/mol. The maximum absolute atomic E-state index is 2.49. The molecule has 0 aromatic heterocycles. The molecular formula is C11H18. The monoisotopic (exact) mass is 150 g/mol. The number of hydrogen-bond acceptors (Lipinski definition) is 0. The summed E-state index contributed by atoms with van der Waals surface area (Å²) in [5, 5.41) is 0. The van der Waals surface area contributed by atoms with E-state index in [1.54, 1.807) is 0 Å². The molecule has 1 saturated carbocycles. The summed E-state index contributed by atoms with van der Waals surface area (Å²) in [6.07, 6.45) is 13.5. The zero-order valence-corrected chi connectivity index (χ0v) is 7.47. The molecule has 0 radical (unpaired) electrons. The van der Waals surface area contributed by atoms with Crippen molar-refractivity contribution in [3.05, 3.63) is 12.2 Å². The molecule has 0 bridgehead atoms. The topological polar surface area (TPSA) is 0 Å². The summed E-state index contributed by atoms with van der Waals surface area (Å²) < 4.78 is 0. The lowest BCUT2D eigenvalue weighted by molar-refractivity contribution is 0.153. The Kier molecular flexibility index (Phi) is 1.78. The highest BCUT2D eigenvalue weighted by Gasteiger charge is 2.34. The number of hydrogen-bond donors (Lipinski definition) is 0. The van der Waals surface area contributed by atoms with E-state index in [1.807, 2.05) is 0 Å². The molecule has 0 heterocycles. The van der Waals surface area contributed by atoms with Crippen molar-refractivity contribution < 1.29 is 0 Å². The molecule has 0 amide bonds. The molecule has 11 heavy (non-hydrogen) atoms. The summed E-state index contributed by atoms with van der Waals surface area (Å²) in [7, 11) is 0. The molecule has 0 nitrogen and oxygen atoms in total. The molecule has 62 valence electrons. The largest absolute Gasteiger partial charge is 0.0880 e. The Morgan fingerprint density at radius 2 is 2.18 bits per heavy atom. The molecule has 2 aliphatic rings. The molecule has 0 heteroatoms. The highest BCUT2D eigenvalue weighted by molar-refractivity contribution is 5.06. The van der Waals surface area contributed by atoms with Crippen LogP contribution < -0.4 is 0 Å². The van der Waals surface area contributed by atoms with Crippen LogP contribution in [0.2, 0.25) is 0 Å². The summed E-state index contributed by atoms with van der Waals surface area (Å²) in [4.78, 5) is 0. The predicted molar refractivity (Wildman–Crippen MR) is 48.4 cm³/mol. The summed E-state index contributed by atoms with van der Waals surface area (Å²) in [5.74, 6) is 1.02. The fraction of sp³-hybridized carbons (Fsp3) is 0.818. The zero-order chi connectivity index (χ0) is 7.73. The van der Waals surface area contributed by atoms with Crippen LogP contribution in [-0.2, 0) is 0 Å². The fourth-order valence-corrected chi connectivity index (χ4v) is 2.77. The minimum Gasteiger partial charge on any atom is -0.0880 e.